The van der Waals surface area contributed by atoms with Crippen molar-refractivity contribution in [2.45, 2.75) is 14.1 Å². The van der Waals surface area contributed by atoms with Crippen molar-refractivity contribution in [1.29, 1.82) is 0 Å². The van der Waals surface area contributed by atoms with Crippen LogP contribution in [0.5, 0.6) is 5.75 Å². The van der Waals surface area contributed by atoms with Crippen molar-refractivity contribution in [1.82, 2.24) is 0 Å². The number of fused-ring (bicyclic) bond motifs is 5. The number of hydrogen-bond acceptors (Lipinski definition) is 3. The molecular weight excluding hydrogens is 455 g/mol. The molecule has 4 nitrogen and oxygen atoms in total. The molecule has 25 heavy (non-hydrogen) atoms. The minimum Gasteiger partial charge on any atom is -0.508 e. The molecule has 3 aliphatic rings. The van der Waals surface area contributed by atoms with Gasteiger partial charge in [-0.3, -0.25) is 9.59 Å². The Morgan fingerprint density at radius 2 is 1.24 bits per heavy atom. The number of alkyl halides is 4. The topological polar surface area (TPSA) is 57.6 Å². The summed E-state index contributed by atoms with van der Waals surface area (Å²) in [6.45, 7) is 0. The van der Waals surface area contributed by atoms with Crippen molar-refractivity contribution < 1.29 is 14.7 Å². The predicted molar refractivity (Wildman–Crippen MR) is 97.9 cm³/mol. The summed E-state index contributed by atoms with van der Waals surface area (Å²) in [5.74, 6) is -3.62. The van der Waals surface area contributed by atoms with Crippen LogP contribution in [0.1, 0.15) is 0 Å². The van der Waals surface area contributed by atoms with Gasteiger partial charge in [0, 0.05) is 0 Å². The third-order valence-corrected chi connectivity index (χ3v) is 9.28. The summed E-state index contributed by atoms with van der Waals surface area (Å²) >= 11 is 38.4. The Balaban J connectivity index is 1.90. The second-order valence-corrected chi connectivity index (χ2v) is 9.39. The Labute approximate surface area is 172 Å². The molecule has 1 saturated carbocycles. The van der Waals surface area contributed by atoms with E-state index in [2.05, 4.69) is 0 Å². The summed E-state index contributed by atoms with van der Waals surface area (Å²) in [6.07, 6.45) is 0. The van der Waals surface area contributed by atoms with Gasteiger partial charge >= 0.3 is 0 Å². The van der Waals surface area contributed by atoms with Gasteiger partial charge < -0.3 is 5.11 Å². The van der Waals surface area contributed by atoms with Gasteiger partial charge in [-0.2, -0.15) is 0 Å². The van der Waals surface area contributed by atoms with Crippen LogP contribution in [0.4, 0.5) is 5.69 Å². The molecule has 2 fully saturated rings. The van der Waals surface area contributed by atoms with E-state index in [0.29, 0.717) is 0 Å². The van der Waals surface area contributed by atoms with Gasteiger partial charge in [-0.15, -0.1) is 23.2 Å². The smallest absolute Gasteiger partial charge is 0.240 e. The number of allylic oxidation sites excluding steroid dienone is 2. The number of anilines is 1. The summed E-state index contributed by atoms with van der Waals surface area (Å²) in [6, 6.07) is 5.52. The summed E-state index contributed by atoms with van der Waals surface area (Å²) in [5, 5.41) is 9.13. The minimum atomic E-state index is -1.95. The lowest BCUT2D eigenvalue weighted by atomic mass is 9.84. The van der Waals surface area contributed by atoms with Crippen LogP contribution in [-0.2, 0) is 9.59 Å². The van der Waals surface area contributed by atoms with E-state index in [9.17, 15) is 14.7 Å². The van der Waals surface area contributed by atoms with Crippen molar-refractivity contribution in [2.24, 2.45) is 11.8 Å². The molecule has 2 amide bonds. The van der Waals surface area contributed by atoms with Gasteiger partial charge in [-0.25, -0.2) is 4.90 Å². The maximum Gasteiger partial charge on any atom is 0.240 e. The molecule has 4 rings (SSSR count). The number of carbonyl (C=O) groups excluding carboxylic acids is 2. The Hall–Kier alpha value is -0.360. The van der Waals surface area contributed by atoms with Gasteiger partial charge in [-0.05, 0) is 24.3 Å². The molecule has 1 aromatic rings. The Morgan fingerprint density at radius 1 is 0.840 bits per heavy atom. The zero-order valence-corrected chi connectivity index (χ0v) is 16.5. The van der Waals surface area contributed by atoms with Crippen LogP contribution in [-0.4, -0.2) is 31.0 Å². The van der Waals surface area contributed by atoms with Gasteiger partial charge in [0.05, 0.1) is 27.6 Å². The van der Waals surface area contributed by atoms with Crippen LogP contribution in [0.2, 0.25) is 0 Å². The highest BCUT2D eigenvalue weighted by Gasteiger charge is 2.87. The first-order valence-corrected chi connectivity index (χ1v) is 9.26. The lowest BCUT2D eigenvalue weighted by molar-refractivity contribution is -0.123. The Bertz CT molecular complexity index is 823. The number of hydrogen-bond donors (Lipinski definition) is 1. The van der Waals surface area contributed by atoms with Crippen molar-refractivity contribution in [2.75, 3.05) is 4.90 Å². The number of carbonyl (C=O) groups is 2. The number of imide groups is 1. The molecular formula is C15H7Cl6NO3. The summed E-state index contributed by atoms with van der Waals surface area (Å²) in [7, 11) is 0. The molecule has 132 valence electrons. The Morgan fingerprint density at radius 3 is 1.64 bits per heavy atom. The highest BCUT2D eigenvalue weighted by Crippen LogP contribution is 2.77. The van der Waals surface area contributed by atoms with Crippen molar-refractivity contribution in [3.63, 3.8) is 0 Å². The summed E-state index contributed by atoms with van der Waals surface area (Å²) in [5.41, 5.74) is 0.254. The molecule has 1 heterocycles. The van der Waals surface area contributed by atoms with Gasteiger partial charge in [0.1, 0.15) is 15.5 Å². The molecule has 2 bridgehead atoms. The third-order valence-electron chi connectivity index (χ3n) is 5.02. The van der Waals surface area contributed by atoms with Crippen LogP contribution in [0.3, 0.4) is 0 Å². The van der Waals surface area contributed by atoms with E-state index < -0.39 is 37.7 Å². The van der Waals surface area contributed by atoms with E-state index in [-0.39, 0.29) is 21.5 Å². The number of rotatable bonds is 1. The van der Waals surface area contributed by atoms with E-state index in [1.807, 2.05) is 0 Å². The van der Waals surface area contributed by atoms with E-state index in [0.717, 1.165) is 4.90 Å². The van der Waals surface area contributed by atoms with Gasteiger partial charge in [0.25, 0.3) is 0 Å². The van der Waals surface area contributed by atoms with Gasteiger partial charge in [-0.1, -0.05) is 46.4 Å². The van der Waals surface area contributed by atoms with E-state index >= 15 is 0 Å². The zero-order valence-electron chi connectivity index (χ0n) is 11.9. The second kappa shape index (κ2) is 5.12. The first-order chi connectivity index (χ1) is 11.5. The molecule has 0 unspecified atom stereocenters. The van der Waals surface area contributed by atoms with E-state index in [1.165, 1.54) is 24.3 Å². The molecule has 1 N–H and O–H groups in total. The number of phenolic OH excluding ortho intramolecular Hbond substituents is 1. The first-order valence-electron chi connectivity index (χ1n) is 7.00. The number of aromatic hydroxyl groups is 1. The lowest BCUT2D eigenvalue weighted by Gasteiger charge is -2.34. The van der Waals surface area contributed by atoms with Crippen molar-refractivity contribution in [3.05, 3.63) is 34.3 Å². The fourth-order valence-corrected chi connectivity index (χ4v) is 6.78. The molecule has 1 aliphatic heterocycles. The number of benzene rings is 1. The van der Waals surface area contributed by atoms with Crippen molar-refractivity contribution in [3.8, 4) is 5.75 Å². The third kappa shape index (κ3) is 1.75. The molecule has 0 radical (unpaired) electrons. The van der Waals surface area contributed by atoms with E-state index in [1.54, 1.807) is 0 Å². The maximum absolute atomic E-state index is 13.0. The highest BCUT2D eigenvalue weighted by atomic mass is 35.5. The van der Waals surface area contributed by atoms with E-state index in [4.69, 9.17) is 69.6 Å². The molecule has 4 atom stereocenters. The summed E-state index contributed by atoms with van der Waals surface area (Å²) < 4.78 is -1.95. The number of halogens is 6. The molecule has 10 heteroatoms. The number of nitrogens with zero attached hydrogens (tertiary/aromatic N) is 1. The monoisotopic (exact) mass is 459 g/mol. The molecule has 1 saturated heterocycles. The van der Waals surface area contributed by atoms with Crippen LogP contribution >= 0.6 is 69.6 Å². The van der Waals surface area contributed by atoms with Crippen molar-refractivity contribution >= 4 is 87.1 Å². The van der Waals surface area contributed by atoms with Crippen LogP contribution in [0.15, 0.2) is 34.3 Å². The molecule has 1 aromatic carbocycles. The molecule has 0 aromatic heterocycles. The van der Waals surface area contributed by atoms with Gasteiger partial charge in [0.15, 0.2) is 4.33 Å². The van der Waals surface area contributed by atoms with Crippen LogP contribution < -0.4 is 4.90 Å². The number of amides is 2. The average Bonchev–Trinajstić information content (AvgIpc) is 2.94. The predicted octanol–water partition coefficient (Wildman–Crippen LogP) is 4.34. The highest BCUT2D eigenvalue weighted by molar-refractivity contribution is 6.67. The summed E-state index contributed by atoms with van der Waals surface area (Å²) in [4.78, 5) is 23.3. The SMILES string of the molecule is O=C1[C@H]2[C@H](C(=O)N1c1ccc(O)cc1)[C@]1(Cl)C(Cl)=C(Cl)[C@]2(Cl)C1(Cl)Cl. The largest absolute Gasteiger partial charge is 0.508 e. The van der Waals surface area contributed by atoms with Crippen LogP contribution in [0, 0.1) is 11.8 Å². The van der Waals surface area contributed by atoms with Crippen LogP contribution in [0.25, 0.3) is 0 Å². The number of phenols is 1. The molecule has 0 spiro atoms. The fourth-order valence-electron chi connectivity index (χ4n) is 3.85. The normalized spacial score (nSPS) is 38.7. The van der Waals surface area contributed by atoms with Gasteiger partial charge in [0.2, 0.25) is 11.8 Å². The fraction of sp³-hybridized carbons (Fsp3) is 0.333. The Kier molecular flexibility index (Phi) is 3.69. The lowest BCUT2D eigenvalue weighted by Crippen LogP contribution is -2.50. The average molecular weight is 462 g/mol. The standard InChI is InChI=1S/C15H7Cl6NO3/c16-9-10(17)14(19)8-7(13(9,18)15(14,20)21)11(24)22(12(8)25)5-1-3-6(23)4-2-5/h1-4,7-8,23H/t7-,8-,13+,14+/m1/s1. The maximum atomic E-state index is 13.0. The minimum absolute atomic E-state index is 0.0148. The first kappa shape index (κ1) is 18.0. The quantitative estimate of drug-likeness (QED) is 0.500. The molecule has 2 aliphatic carbocycles. The zero-order chi connectivity index (χ0) is 18.5. The second-order valence-electron chi connectivity index (χ2n) is 6.11.